The standard InChI is InChI=1S/C21H28ClN3O4S/c1-21(2,3)23-19(26)14-29-18-13-17(15-7-5-6-8-16(15)20(18)22)24-9-11-25(12-10-24)30(4,27)28/h5-8,13H,9-12,14H2,1-4H3,(H,23,26). The predicted molar refractivity (Wildman–Crippen MR) is 121 cm³/mol. The highest BCUT2D eigenvalue weighted by Gasteiger charge is 2.25. The minimum absolute atomic E-state index is 0.142. The first-order valence-electron chi connectivity index (χ1n) is 9.81. The van der Waals surface area contributed by atoms with Crippen LogP contribution in [0.25, 0.3) is 10.8 Å². The minimum Gasteiger partial charge on any atom is -0.482 e. The van der Waals surface area contributed by atoms with E-state index in [4.69, 9.17) is 16.3 Å². The maximum Gasteiger partial charge on any atom is 0.258 e. The summed E-state index contributed by atoms with van der Waals surface area (Å²) >= 11 is 6.59. The molecule has 2 aromatic rings. The number of rotatable bonds is 5. The number of hydrogen-bond acceptors (Lipinski definition) is 5. The van der Waals surface area contributed by atoms with Gasteiger partial charge in [0.05, 0.1) is 11.3 Å². The fourth-order valence-electron chi connectivity index (χ4n) is 3.52. The van der Waals surface area contributed by atoms with E-state index in [0.717, 1.165) is 16.5 Å². The molecule has 7 nitrogen and oxygen atoms in total. The summed E-state index contributed by atoms with van der Waals surface area (Å²) in [5.41, 5.74) is 0.562. The highest BCUT2D eigenvalue weighted by Crippen LogP contribution is 2.40. The summed E-state index contributed by atoms with van der Waals surface area (Å²) in [6.07, 6.45) is 1.23. The number of fused-ring (bicyclic) bond motifs is 1. The van der Waals surface area contributed by atoms with Gasteiger partial charge in [0, 0.05) is 54.2 Å². The number of nitrogens with one attached hydrogen (secondary N) is 1. The number of piperazine rings is 1. The number of carbonyl (C=O) groups excluding carboxylic acids is 1. The number of ether oxygens (including phenoxy) is 1. The second-order valence-electron chi connectivity index (χ2n) is 8.49. The molecule has 0 saturated carbocycles. The average Bonchev–Trinajstić information content (AvgIpc) is 2.66. The van der Waals surface area contributed by atoms with Crippen molar-refractivity contribution in [3.05, 3.63) is 35.4 Å². The van der Waals surface area contributed by atoms with Gasteiger partial charge in [-0.15, -0.1) is 0 Å². The highest BCUT2D eigenvalue weighted by atomic mass is 35.5. The molecule has 2 aromatic carbocycles. The molecule has 1 fully saturated rings. The van der Waals surface area contributed by atoms with Crippen LogP contribution in [0, 0.1) is 0 Å². The van der Waals surface area contributed by atoms with Crippen molar-refractivity contribution in [2.45, 2.75) is 26.3 Å². The van der Waals surface area contributed by atoms with E-state index in [1.165, 1.54) is 10.6 Å². The number of carbonyl (C=O) groups is 1. The smallest absolute Gasteiger partial charge is 0.258 e. The van der Waals surface area contributed by atoms with Crippen molar-refractivity contribution < 1.29 is 17.9 Å². The van der Waals surface area contributed by atoms with Crippen LogP contribution >= 0.6 is 11.6 Å². The third-order valence-corrected chi connectivity index (χ3v) is 6.54. The Morgan fingerprint density at radius 1 is 1.13 bits per heavy atom. The molecule has 0 atom stereocenters. The van der Waals surface area contributed by atoms with E-state index in [9.17, 15) is 13.2 Å². The quantitative estimate of drug-likeness (QED) is 0.753. The second kappa shape index (κ2) is 8.61. The van der Waals surface area contributed by atoms with Crippen LogP contribution in [0.3, 0.4) is 0 Å². The van der Waals surface area contributed by atoms with E-state index in [-0.39, 0.29) is 18.1 Å². The van der Waals surface area contributed by atoms with Gasteiger partial charge < -0.3 is 15.0 Å². The first-order valence-corrected chi connectivity index (χ1v) is 12.0. The van der Waals surface area contributed by atoms with Gasteiger partial charge in [0.1, 0.15) is 5.75 Å². The van der Waals surface area contributed by atoms with Crippen molar-refractivity contribution >= 4 is 44.0 Å². The normalized spacial score (nSPS) is 16.0. The van der Waals surface area contributed by atoms with Gasteiger partial charge in [0.25, 0.3) is 5.91 Å². The molecule has 1 aliphatic heterocycles. The number of nitrogens with zero attached hydrogens (tertiary/aromatic N) is 2. The molecule has 9 heteroatoms. The molecule has 164 valence electrons. The molecule has 0 unspecified atom stereocenters. The van der Waals surface area contributed by atoms with Gasteiger partial charge in [-0.25, -0.2) is 8.42 Å². The van der Waals surface area contributed by atoms with Gasteiger partial charge in [0.15, 0.2) is 6.61 Å². The molecule has 0 aliphatic carbocycles. The topological polar surface area (TPSA) is 79.0 Å². The fourth-order valence-corrected chi connectivity index (χ4v) is 4.62. The zero-order chi connectivity index (χ0) is 22.1. The molecule has 1 heterocycles. The summed E-state index contributed by atoms with van der Waals surface area (Å²) in [6.45, 7) is 7.52. The maximum atomic E-state index is 12.2. The van der Waals surface area contributed by atoms with Crippen molar-refractivity contribution in [1.82, 2.24) is 9.62 Å². The van der Waals surface area contributed by atoms with Crippen LogP contribution in [0.1, 0.15) is 20.8 Å². The number of hydrogen-bond donors (Lipinski definition) is 1. The lowest BCUT2D eigenvalue weighted by Gasteiger charge is -2.35. The first-order chi connectivity index (χ1) is 14.0. The fraction of sp³-hybridized carbons (Fsp3) is 0.476. The summed E-state index contributed by atoms with van der Waals surface area (Å²) in [5.74, 6) is 0.204. The lowest BCUT2D eigenvalue weighted by molar-refractivity contribution is -0.124. The second-order valence-corrected chi connectivity index (χ2v) is 10.8. The van der Waals surface area contributed by atoms with Crippen molar-refractivity contribution in [1.29, 1.82) is 0 Å². The molecule has 3 rings (SSSR count). The summed E-state index contributed by atoms with van der Waals surface area (Å²) in [6, 6.07) is 9.57. The Kier molecular flexibility index (Phi) is 6.50. The molecular weight excluding hydrogens is 426 g/mol. The van der Waals surface area contributed by atoms with E-state index < -0.39 is 10.0 Å². The number of halogens is 1. The molecule has 1 N–H and O–H groups in total. The highest BCUT2D eigenvalue weighted by molar-refractivity contribution is 7.88. The minimum atomic E-state index is -3.21. The van der Waals surface area contributed by atoms with Crippen LogP contribution in [-0.2, 0) is 14.8 Å². The maximum absolute atomic E-state index is 12.2. The lowest BCUT2D eigenvalue weighted by atomic mass is 10.1. The third-order valence-electron chi connectivity index (χ3n) is 4.85. The third kappa shape index (κ3) is 5.36. The molecule has 1 amide bonds. The molecule has 0 radical (unpaired) electrons. The summed E-state index contributed by atoms with van der Waals surface area (Å²) in [5, 5.41) is 5.10. The van der Waals surface area contributed by atoms with Gasteiger partial charge in [0.2, 0.25) is 10.0 Å². The Bertz CT molecular complexity index is 1040. The van der Waals surface area contributed by atoms with E-state index in [1.807, 2.05) is 51.1 Å². The largest absolute Gasteiger partial charge is 0.482 e. The van der Waals surface area contributed by atoms with Gasteiger partial charge in [-0.2, -0.15) is 4.31 Å². The van der Waals surface area contributed by atoms with Crippen LogP contribution in [0.5, 0.6) is 5.75 Å². The van der Waals surface area contributed by atoms with E-state index in [1.54, 1.807) is 0 Å². The predicted octanol–water partition coefficient (Wildman–Crippen LogP) is 2.87. The van der Waals surface area contributed by atoms with E-state index >= 15 is 0 Å². The van der Waals surface area contributed by atoms with Gasteiger partial charge >= 0.3 is 0 Å². The van der Waals surface area contributed by atoms with Crippen LogP contribution in [0.15, 0.2) is 30.3 Å². The van der Waals surface area contributed by atoms with Crippen LogP contribution < -0.4 is 15.0 Å². The van der Waals surface area contributed by atoms with Crippen molar-refractivity contribution in [2.75, 3.05) is 43.9 Å². The summed E-state index contributed by atoms with van der Waals surface area (Å²) in [4.78, 5) is 14.3. The molecule has 1 aliphatic rings. The number of sulfonamides is 1. The number of amides is 1. The van der Waals surface area contributed by atoms with Crippen LogP contribution in [0.4, 0.5) is 5.69 Å². The Labute approximate surface area is 183 Å². The van der Waals surface area contributed by atoms with Gasteiger partial charge in [-0.3, -0.25) is 4.79 Å². The monoisotopic (exact) mass is 453 g/mol. The van der Waals surface area contributed by atoms with Crippen molar-refractivity contribution in [3.8, 4) is 5.75 Å². The first kappa shape index (κ1) is 22.7. The molecule has 30 heavy (non-hydrogen) atoms. The molecular formula is C21H28ClN3O4S. The zero-order valence-electron chi connectivity index (χ0n) is 17.7. The Balaban J connectivity index is 1.88. The Morgan fingerprint density at radius 3 is 2.30 bits per heavy atom. The number of benzene rings is 2. The Hall–Kier alpha value is -2.03. The van der Waals surface area contributed by atoms with Crippen LogP contribution in [-0.4, -0.2) is 63.2 Å². The molecule has 0 spiro atoms. The van der Waals surface area contributed by atoms with Crippen LogP contribution in [0.2, 0.25) is 5.02 Å². The van der Waals surface area contributed by atoms with E-state index in [2.05, 4.69) is 10.2 Å². The lowest BCUT2D eigenvalue weighted by Crippen LogP contribution is -2.48. The molecule has 1 saturated heterocycles. The van der Waals surface area contributed by atoms with Gasteiger partial charge in [-0.05, 0) is 20.8 Å². The molecule has 0 aromatic heterocycles. The molecule has 0 bridgehead atoms. The van der Waals surface area contributed by atoms with Gasteiger partial charge in [-0.1, -0.05) is 35.9 Å². The SMILES string of the molecule is CC(C)(C)NC(=O)COc1cc(N2CCN(S(C)(=O)=O)CC2)c2ccccc2c1Cl. The Morgan fingerprint density at radius 2 is 1.73 bits per heavy atom. The van der Waals surface area contributed by atoms with Crippen molar-refractivity contribution in [3.63, 3.8) is 0 Å². The zero-order valence-corrected chi connectivity index (χ0v) is 19.3. The van der Waals surface area contributed by atoms with E-state index in [0.29, 0.717) is 37.0 Å². The average molecular weight is 454 g/mol. The summed E-state index contributed by atoms with van der Waals surface area (Å²) in [7, 11) is -3.21. The number of anilines is 1. The van der Waals surface area contributed by atoms with Crippen molar-refractivity contribution in [2.24, 2.45) is 0 Å². The summed E-state index contributed by atoms with van der Waals surface area (Å²) < 4.78 is 30.9.